The highest BCUT2D eigenvalue weighted by Gasteiger charge is 2.24. The van der Waals surface area contributed by atoms with Crippen LogP contribution in [0.1, 0.15) is 18.1 Å². The van der Waals surface area contributed by atoms with Crippen LogP contribution in [0, 0.1) is 5.82 Å². The average molecular weight is 372 g/mol. The number of methoxy groups -OCH3 is 2. The van der Waals surface area contributed by atoms with Crippen molar-refractivity contribution < 1.29 is 18.7 Å². The number of carbonyl (C=O) groups is 1. The van der Waals surface area contributed by atoms with Crippen molar-refractivity contribution >= 4 is 11.6 Å². The molecule has 27 heavy (non-hydrogen) atoms. The smallest absolute Gasteiger partial charge is 0.242 e. The molecule has 0 aliphatic carbocycles. The maximum atomic E-state index is 13.5. The molecule has 6 heteroatoms. The molecule has 1 heterocycles. The minimum absolute atomic E-state index is 0.0292. The van der Waals surface area contributed by atoms with Crippen LogP contribution in [0.5, 0.6) is 11.5 Å². The Labute approximate surface area is 159 Å². The van der Waals surface area contributed by atoms with E-state index in [0.717, 1.165) is 17.7 Å². The molecule has 1 amide bonds. The van der Waals surface area contributed by atoms with Crippen molar-refractivity contribution in [3.05, 3.63) is 53.3 Å². The fourth-order valence-electron chi connectivity index (χ4n) is 3.42. The van der Waals surface area contributed by atoms with E-state index in [0.29, 0.717) is 31.1 Å². The summed E-state index contributed by atoms with van der Waals surface area (Å²) in [6, 6.07) is 10.3. The van der Waals surface area contributed by atoms with Crippen LogP contribution in [0.25, 0.3) is 0 Å². The lowest BCUT2D eigenvalue weighted by molar-refractivity contribution is -0.130. The van der Waals surface area contributed by atoms with Crippen LogP contribution in [0.4, 0.5) is 10.1 Å². The van der Waals surface area contributed by atoms with Crippen molar-refractivity contribution in [2.75, 3.05) is 38.8 Å². The molecule has 0 atom stereocenters. The summed E-state index contributed by atoms with van der Waals surface area (Å²) in [6.45, 7) is 4.01. The van der Waals surface area contributed by atoms with Gasteiger partial charge in [0.05, 0.1) is 20.8 Å². The van der Waals surface area contributed by atoms with Crippen LogP contribution < -0.4 is 14.4 Å². The van der Waals surface area contributed by atoms with Crippen LogP contribution in [-0.2, 0) is 17.8 Å². The number of anilines is 1. The van der Waals surface area contributed by atoms with E-state index >= 15 is 0 Å². The predicted octanol–water partition coefficient (Wildman–Crippen LogP) is 3.25. The number of nitrogens with zero attached hydrogens (tertiary/aromatic N) is 2. The van der Waals surface area contributed by atoms with E-state index in [1.807, 2.05) is 34.9 Å². The van der Waals surface area contributed by atoms with Gasteiger partial charge in [0.2, 0.25) is 5.91 Å². The van der Waals surface area contributed by atoms with E-state index in [-0.39, 0.29) is 18.3 Å². The van der Waals surface area contributed by atoms with Gasteiger partial charge in [-0.25, -0.2) is 4.39 Å². The summed E-state index contributed by atoms with van der Waals surface area (Å²) >= 11 is 0. The van der Waals surface area contributed by atoms with Crippen LogP contribution in [0.3, 0.4) is 0 Å². The molecule has 2 aromatic rings. The Balaban J connectivity index is 1.73. The first-order chi connectivity index (χ1) is 13.0. The molecule has 3 rings (SSSR count). The van der Waals surface area contributed by atoms with E-state index in [9.17, 15) is 9.18 Å². The van der Waals surface area contributed by atoms with Gasteiger partial charge in [-0.1, -0.05) is 6.07 Å². The molecule has 1 aliphatic rings. The first kappa shape index (κ1) is 19.0. The van der Waals surface area contributed by atoms with Crippen LogP contribution >= 0.6 is 0 Å². The van der Waals surface area contributed by atoms with Gasteiger partial charge in [0.1, 0.15) is 5.82 Å². The molecule has 0 N–H and O–H groups in total. The van der Waals surface area contributed by atoms with Gasteiger partial charge in [-0.2, -0.15) is 0 Å². The van der Waals surface area contributed by atoms with Crippen molar-refractivity contribution in [2.45, 2.75) is 19.9 Å². The number of ether oxygens (including phenoxy) is 2. The van der Waals surface area contributed by atoms with Gasteiger partial charge < -0.3 is 19.3 Å². The Morgan fingerprint density at radius 3 is 2.48 bits per heavy atom. The van der Waals surface area contributed by atoms with Crippen molar-refractivity contribution in [3.63, 3.8) is 0 Å². The minimum Gasteiger partial charge on any atom is -0.493 e. The first-order valence-electron chi connectivity index (χ1n) is 9.07. The number of likely N-dealkylation sites (N-methyl/N-ethyl adjacent to an activating group) is 1. The van der Waals surface area contributed by atoms with Gasteiger partial charge in [-0.15, -0.1) is 0 Å². The maximum absolute atomic E-state index is 13.5. The van der Waals surface area contributed by atoms with Crippen molar-refractivity contribution in [2.24, 2.45) is 0 Å². The van der Waals surface area contributed by atoms with Gasteiger partial charge >= 0.3 is 0 Å². The monoisotopic (exact) mass is 372 g/mol. The Kier molecular flexibility index (Phi) is 5.84. The summed E-state index contributed by atoms with van der Waals surface area (Å²) in [5.41, 5.74) is 2.96. The number of amides is 1. The van der Waals surface area contributed by atoms with Gasteiger partial charge in [0.25, 0.3) is 0 Å². The molecule has 0 saturated heterocycles. The molecule has 1 aliphatic heterocycles. The number of hydrogen-bond acceptors (Lipinski definition) is 4. The summed E-state index contributed by atoms with van der Waals surface area (Å²) in [6.07, 6.45) is 0.771. The third-order valence-corrected chi connectivity index (χ3v) is 4.95. The molecule has 5 nitrogen and oxygen atoms in total. The summed E-state index contributed by atoms with van der Waals surface area (Å²) in [5, 5.41) is 0. The highest BCUT2D eigenvalue weighted by molar-refractivity contribution is 5.82. The molecule has 2 aromatic carbocycles. The van der Waals surface area contributed by atoms with E-state index in [1.165, 1.54) is 17.7 Å². The lowest BCUT2D eigenvalue weighted by Crippen LogP contribution is -2.42. The molecule has 0 saturated carbocycles. The SMILES string of the molecule is CCN(CC(=O)N1CCc2cc(OC)c(OC)cc2C1)c1cccc(F)c1. The molecule has 0 spiro atoms. The Morgan fingerprint density at radius 2 is 1.85 bits per heavy atom. The van der Waals surface area contributed by atoms with Gasteiger partial charge in [-0.3, -0.25) is 4.79 Å². The molecular weight excluding hydrogens is 347 g/mol. The van der Waals surface area contributed by atoms with Gasteiger partial charge in [0.15, 0.2) is 11.5 Å². The third kappa shape index (κ3) is 4.15. The summed E-state index contributed by atoms with van der Waals surface area (Å²) in [4.78, 5) is 16.6. The summed E-state index contributed by atoms with van der Waals surface area (Å²) in [5.74, 6) is 1.10. The number of fused-ring (bicyclic) bond motifs is 1. The summed E-state index contributed by atoms with van der Waals surface area (Å²) < 4.78 is 24.2. The number of carbonyl (C=O) groups excluding carboxylic acids is 1. The number of benzene rings is 2. The topological polar surface area (TPSA) is 42.0 Å². The van der Waals surface area contributed by atoms with E-state index in [2.05, 4.69) is 0 Å². The predicted molar refractivity (Wildman–Crippen MR) is 103 cm³/mol. The number of halogens is 1. The normalized spacial score (nSPS) is 13.1. The zero-order valence-corrected chi connectivity index (χ0v) is 16.0. The van der Waals surface area contributed by atoms with E-state index in [1.54, 1.807) is 20.3 Å². The quantitative estimate of drug-likeness (QED) is 0.781. The third-order valence-electron chi connectivity index (χ3n) is 4.95. The van der Waals surface area contributed by atoms with Crippen LogP contribution in [0.2, 0.25) is 0 Å². The summed E-state index contributed by atoms with van der Waals surface area (Å²) in [7, 11) is 3.22. The Bertz CT molecular complexity index is 825. The Morgan fingerprint density at radius 1 is 1.15 bits per heavy atom. The van der Waals surface area contributed by atoms with Crippen LogP contribution in [-0.4, -0.2) is 44.7 Å². The standard InChI is InChI=1S/C21H25FN2O3/c1-4-23(18-7-5-6-17(22)12-18)14-21(25)24-9-8-15-10-19(26-2)20(27-3)11-16(15)13-24/h5-7,10-12H,4,8-9,13-14H2,1-3H3. The first-order valence-corrected chi connectivity index (χ1v) is 9.07. The second-order valence-corrected chi connectivity index (χ2v) is 6.54. The minimum atomic E-state index is -0.300. The molecular formula is C21H25FN2O3. The maximum Gasteiger partial charge on any atom is 0.242 e. The molecule has 0 bridgehead atoms. The molecule has 0 radical (unpaired) electrons. The molecule has 144 valence electrons. The molecule has 0 unspecified atom stereocenters. The fourth-order valence-corrected chi connectivity index (χ4v) is 3.42. The zero-order chi connectivity index (χ0) is 19.4. The highest BCUT2D eigenvalue weighted by Crippen LogP contribution is 2.33. The van der Waals surface area contributed by atoms with Crippen molar-refractivity contribution in [3.8, 4) is 11.5 Å². The second-order valence-electron chi connectivity index (χ2n) is 6.54. The molecule has 0 fully saturated rings. The van der Waals surface area contributed by atoms with Gasteiger partial charge in [0, 0.05) is 25.3 Å². The molecule has 0 aromatic heterocycles. The lowest BCUT2D eigenvalue weighted by atomic mass is 9.98. The van der Waals surface area contributed by atoms with E-state index in [4.69, 9.17) is 9.47 Å². The van der Waals surface area contributed by atoms with Gasteiger partial charge in [-0.05, 0) is 54.8 Å². The Hall–Kier alpha value is -2.76. The largest absolute Gasteiger partial charge is 0.493 e. The lowest BCUT2D eigenvalue weighted by Gasteiger charge is -2.32. The zero-order valence-electron chi connectivity index (χ0n) is 16.0. The fraction of sp³-hybridized carbons (Fsp3) is 0.381. The van der Waals surface area contributed by atoms with Crippen LogP contribution in [0.15, 0.2) is 36.4 Å². The van der Waals surface area contributed by atoms with Crippen molar-refractivity contribution in [1.29, 1.82) is 0 Å². The number of hydrogen-bond donors (Lipinski definition) is 0. The number of rotatable bonds is 6. The highest BCUT2D eigenvalue weighted by atomic mass is 19.1. The van der Waals surface area contributed by atoms with Crippen molar-refractivity contribution in [1.82, 2.24) is 4.90 Å². The van der Waals surface area contributed by atoms with E-state index < -0.39 is 0 Å². The second kappa shape index (κ2) is 8.29. The average Bonchev–Trinajstić information content (AvgIpc) is 2.70.